The Kier molecular flexibility index (Phi) is 6.12. The van der Waals surface area contributed by atoms with E-state index in [0.29, 0.717) is 24.0 Å². The van der Waals surface area contributed by atoms with Gasteiger partial charge in [-0.15, -0.1) is 0 Å². The molecule has 2 heterocycles. The summed E-state index contributed by atoms with van der Waals surface area (Å²) in [6.45, 7) is 4.39. The number of fused-ring (bicyclic) bond motifs is 1. The quantitative estimate of drug-likeness (QED) is 0.704. The fraction of sp³-hybridized carbons (Fsp3) is 0.556. The lowest BCUT2D eigenvalue weighted by Gasteiger charge is -2.32. The molecule has 9 heteroatoms. The third-order valence-electron chi connectivity index (χ3n) is 4.80. The van der Waals surface area contributed by atoms with Crippen molar-refractivity contribution in [1.29, 1.82) is 0 Å². The molecule has 0 spiro atoms. The van der Waals surface area contributed by atoms with Crippen LogP contribution in [0.3, 0.4) is 0 Å². The number of hydrogen-bond donors (Lipinski definition) is 1. The fourth-order valence-corrected chi connectivity index (χ4v) is 5.87. The van der Waals surface area contributed by atoms with Crippen LogP contribution in [0.5, 0.6) is 0 Å². The number of hydrogen-bond acceptors (Lipinski definition) is 5. The number of benzene rings is 1. The summed E-state index contributed by atoms with van der Waals surface area (Å²) < 4.78 is 28.2. The molecule has 0 saturated carbocycles. The van der Waals surface area contributed by atoms with Gasteiger partial charge in [0.25, 0.3) is 0 Å². The number of carboxylic acids is 1. The number of carbonyl (C=O) groups is 1. The van der Waals surface area contributed by atoms with Gasteiger partial charge in [-0.05, 0) is 44.7 Å². The van der Waals surface area contributed by atoms with Crippen molar-refractivity contribution >= 4 is 38.8 Å². The first-order chi connectivity index (χ1) is 12.8. The first kappa shape index (κ1) is 20.2. The molecule has 3 rings (SSSR count). The number of rotatable bonds is 7. The Bertz CT molecular complexity index is 924. The molecule has 0 radical (unpaired) electrons. The van der Waals surface area contributed by atoms with Crippen LogP contribution in [0.2, 0.25) is 0 Å². The Morgan fingerprint density at radius 2 is 2.11 bits per heavy atom. The Morgan fingerprint density at radius 1 is 1.37 bits per heavy atom. The van der Waals surface area contributed by atoms with Crippen LogP contribution in [0.4, 0.5) is 0 Å². The summed E-state index contributed by atoms with van der Waals surface area (Å²) in [7, 11) is -3.23. The van der Waals surface area contributed by atoms with Gasteiger partial charge >= 0.3 is 5.97 Å². The number of aromatic nitrogens is 2. The lowest BCUT2D eigenvalue weighted by atomic mass is 10.0. The molecule has 1 N–H and O–H groups in total. The zero-order chi connectivity index (χ0) is 19.6. The van der Waals surface area contributed by atoms with E-state index in [2.05, 4.69) is 4.98 Å². The third kappa shape index (κ3) is 4.47. The van der Waals surface area contributed by atoms with Crippen LogP contribution in [0.25, 0.3) is 11.0 Å². The summed E-state index contributed by atoms with van der Waals surface area (Å²) in [5, 5.41) is 9.49. The normalized spacial score (nSPS) is 19.0. The lowest BCUT2D eigenvalue weighted by molar-refractivity contribution is -0.137. The van der Waals surface area contributed by atoms with Crippen molar-refractivity contribution in [2.24, 2.45) is 5.92 Å². The average molecular weight is 412 g/mol. The maximum absolute atomic E-state index is 12.4. The molecule has 1 aromatic carbocycles. The second-order valence-corrected chi connectivity index (χ2v) is 10.6. The van der Waals surface area contributed by atoms with Gasteiger partial charge in [-0.25, -0.2) is 17.7 Å². The van der Waals surface area contributed by atoms with Crippen LogP contribution in [-0.4, -0.2) is 57.4 Å². The molecule has 7 nitrogen and oxygen atoms in total. The van der Waals surface area contributed by atoms with Gasteiger partial charge in [0.1, 0.15) is 6.54 Å². The summed E-state index contributed by atoms with van der Waals surface area (Å²) in [5.41, 5.74) is 1.57. The molecule has 1 aliphatic rings. The van der Waals surface area contributed by atoms with E-state index in [1.54, 1.807) is 22.7 Å². The maximum Gasteiger partial charge on any atom is 0.323 e. The van der Waals surface area contributed by atoms with Gasteiger partial charge in [-0.2, -0.15) is 0 Å². The Hall–Kier alpha value is -1.58. The van der Waals surface area contributed by atoms with Crippen molar-refractivity contribution in [3.63, 3.8) is 0 Å². The maximum atomic E-state index is 12.4. The topological polar surface area (TPSA) is 92.5 Å². The first-order valence-electron chi connectivity index (χ1n) is 9.08. The molecule has 27 heavy (non-hydrogen) atoms. The zero-order valence-corrected chi connectivity index (χ0v) is 17.2. The highest BCUT2D eigenvalue weighted by Gasteiger charge is 2.31. The standard InChI is InChI=1S/C18H25N3O4S2/c1-13(2)27(24,25)20-9-5-6-14(10-20)12-26-18-19-15-7-3-4-8-16(15)21(18)11-17(22)23/h3-4,7-8,13-14H,5-6,9-12H2,1-2H3,(H,22,23). The van der Waals surface area contributed by atoms with Crippen molar-refractivity contribution in [3.05, 3.63) is 24.3 Å². The third-order valence-corrected chi connectivity index (χ3v) is 8.25. The van der Waals surface area contributed by atoms with Crippen molar-refractivity contribution in [2.75, 3.05) is 18.8 Å². The number of imidazole rings is 1. The molecule has 0 amide bonds. The van der Waals surface area contributed by atoms with Gasteiger partial charge in [0.2, 0.25) is 10.0 Å². The van der Waals surface area contributed by atoms with E-state index >= 15 is 0 Å². The van der Waals surface area contributed by atoms with Crippen LogP contribution in [0.15, 0.2) is 29.4 Å². The lowest BCUT2D eigenvalue weighted by Crippen LogP contribution is -2.43. The number of thioether (sulfide) groups is 1. The van der Waals surface area contributed by atoms with Crippen molar-refractivity contribution in [1.82, 2.24) is 13.9 Å². The highest BCUT2D eigenvalue weighted by molar-refractivity contribution is 7.99. The second kappa shape index (κ2) is 8.20. The van der Waals surface area contributed by atoms with Gasteiger partial charge in [-0.3, -0.25) is 4.79 Å². The summed E-state index contributed by atoms with van der Waals surface area (Å²) >= 11 is 1.51. The van der Waals surface area contributed by atoms with E-state index in [4.69, 9.17) is 0 Å². The summed E-state index contributed by atoms with van der Waals surface area (Å²) in [6, 6.07) is 7.49. The van der Waals surface area contributed by atoms with E-state index in [0.717, 1.165) is 23.9 Å². The summed E-state index contributed by atoms with van der Waals surface area (Å²) in [5.74, 6) is 0.0368. The van der Waals surface area contributed by atoms with Crippen LogP contribution in [0, 0.1) is 5.92 Å². The van der Waals surface area contributed by atoms with Gasteiger partial charge < -0.3 is 9.67 Å². The molecule has 1 fully saturated rings. The zero-order valence-electron chi connectivity index (χ0n) is 15.5. The fourth-order valence-electron chi connectivity index (χ4n) is 3.34. The number of para-hydroxylation sites is 2. The van der Waals surface area contributed by atoms with E-state index in [-0.39, 0.29) is 12.5 Å². The molecular formula is C18H25N3O4S2. The predicted octanol–water partition coefficient (Wildman–Crippen LogP) is 2.66. The van der Waals surface area contributed by atoms with Gasteiger partial charge in [-0.1, -0.05) is 23.9 Å². The van der Waals surface area contributed by atoms with E-state index in [9.17, 15) is 18.3 Å². The first-order valence-corrected chi connectivity index (χ1v) is 11.6. The SMILES string of the molecule is CC(C)S(=O)(=O)N1CCCC(CSc2nc3ccccc3n2CC(=O)O)C1. The van der Waals surface area contributed by atoms with E-state index < -0.39 is 21.2 Å². The minimum atomic E-state index is -3.23. The molecular weight excluding hydrogens is 386 g/mol. The molecule has 148 valence electrons. The Balaban J connectivity index is 1.74. The molecule has 2 aromatic rings. The smallest absolute Gasteiger partial charge is 0.323 e. The minimum absolute atomic E-state index is 0.138. The average Bonchev–Trinajstić information content (AvgIpc) is 2.97. The number of aliphatic carboxylic acids is 1. The largest absolute Gasteiger partial charge is 0.480 e. The molecule has 1 atom stereocenters. The number of carboxylic acid groups (broad SMARTS) is 1. The summed E-state index contributed by atoms with van der Waals surface area (Å²) in [4.78, 5) is 15.8. The number of sulfonamides is 1. The molecule has 1 aromatic heterocycles. The van der Waals surface area contributed by atoms with Gasteiger partial charge in [0, 0.05) is 18.8 Å². The Morgan fingerprint density at radius 3 is 2.81 bits per heavy atom. The van der Waals surface area contributed by atoms with Crippen LogP contribution in [-0.2, 0) is 21.4 Å². The van der Waals surface area contributed by atoms with E-state index in [1.807, 2.05) is 24.3 Å². The predicted molar refractivity (Wildman–Crippen MR) is 106 cm³/mol. The Labute approximate surface area is 163 Å². The van der Waals surface area contributed by atoms with E-state index in [1.165, 1.54) is 11.8 Å². The monoisotopic (exact) mass is 411 g/mol. The molecule has 0 aliphatic carbocycles. The second-order valence-electron chi connectivity index (χ2n) is 7.13. The van der Waals surface area contributed by atoms with Crippen molar-refractivity contribution in [2.45, 2.75) is 43.6 Å². The molecule has 1 unspecified atom stereocenters. The van der Waals surface area contributed by atoms with Crippen molar-refractivity contribution < 1.29 is 18.3 Å². The van der Waals surface area contributed by atoms with Crippen LogP contribution in [0.1, 0.15) is 26.7 Å². The molecule has 0 bridgehead atoms. The minimum Gasteiger partial charge on any atom is -0.480 e. The van der Waals surface area contributed by atoms with Crippen LogP contribution < -0.4 is 0 Å². The molecule has 1 saturated heterocycles. The highest BCUT2D eigenvalue weighted by atomic mass is 32.2. The molecule has 1 aliphatic heterocycles. The van der Waals surface area contributed by atoms with Crippen molar-refractivity contribution in [3.8, 4) is 0 Å². The van der Waals surface area contributed by atoms with Gasteiger partial charge in [0.05, 0.1) is 16.3 Å². The summed E-state index contributed by atoms with van der Waals surface area (Å²) in [6.07, 6.45) is 1.82. The highest BCUT2D eigenvalue weighted by Crippen LogP contribution is 2.29. The van der Waals surface area contributed by atoms with Crippen LogP contribution >= 0.6 is 11.8 Å². The number of nitrogens with zero attached hydrogens (tertiary/aromatic N) is 3. The number of piperidine rings is 1. The van der Waals surface area contributed by atoms with Gasteiger partial charge in [0.15, 0.2) is 5.16 Å².